The summed E-state index contributed by atoms with van der Waals surface area (Å²) in [4.78, 5) is 0. The number of hydrogen-bond donors (Lipinski definition) is 1. The topological polar surface area (TPSA) is 34.4 Å². The maximum Gasteiger partial charge on any atom is 0.119 e. The highest BCUT2D eigenvalue weighted by Crippen LogP contribution is 2.25. The Kier molecular flexibility index (Phi) is 3.38. The van der Waals surface area contributed by atoms with Crippen molar-refractivity contribution in [2.45, 2.75) is 27.0 Å². The van der Waals surface area contributed by atoms with Gasteiger partial charge in [0, 0.05) is 23.1 Å². The molecule has 0 radical (unpaired) electrons. The van der Waals surface area contributed by atoms with Crippen LogP contribution >= 0.6 is 0 Å². The van der Waals surface area contributed by atoms with E-state index in [1.54, 1.807) is 7.11 Å². The number of methoxy groups -OCH3 is 1. The molecule has 0 saturated carbocycles. The lowest BCUT2D eigenvalue weighted by Gasteiger charge is -2.12. The normalized spacial score (nSPS) is 11.4. The highest BCUT2D eigenvalue weighted by molar-refractivity contribution is 5.82. The van der Waals surface area contributed by atoms with Gasteiger partial charge in [-0.05, 0) is 30.2 Å². The van der Waals surface area contributed by atoms with Gasteiger partial charge < -0.3 is 14.4 Å². The van der Waals surface area contributed by atoms with Crippen molar-refractivity contribution >= 4 is 10.9 Å². The first-order valence-corrected chi connectivity index (χ1v) is 5.92. The molecule has 0 atom stereocenters. The largest absolute Gasteiger partial charge is 0.497 e. The van der Waals surface area contributed by atoms with Crippen molar-refractivity contribution < 1.29 is 9.84 Å². The van der Waals surface area contributed by atoms with Gasteiger partial charge in [-0.3, -0.25) is 0 Å². The molecule has 2 aromatic rings. The van der Waals surface area contributed by atoms with Gasteiger partial charge in [0.25, 0.3) is 0 Å². The molecule has 0 saturated heterocycles. The molecule has 17 heavy (non-hydrogen) atoms. The number of aliphatic hydroxyl groups is 1. The summed E-state index contributed by atoms with van der Waals surface area (Å²) >= 11 is 0. The fourth-order valence-corrected chi connectivity index (χ4v) is 2.14. The number of aromatic nitrogens is 1. The molecule has 0 spiro atoms. The van der Waals surface area contributed by atoms with Gasteiger partial charge in [0.2, 0.25) is 0 Å². The number of aliphatic hydroxyl groups excluding tert-OH is 1. The van der Waals surface area contributed by atoms with Gasteiger partial charge in [0.15, 0.2) is 0 Å². The summed E-state index contributed by atoms with van der Waals surface area (Å²) < 4.78 is 7.39. The van der Waals surface area contributed by atoms with Crippen LogP contribution in [-0.4, -0.2) is 16.8 Å². The molecule has 0 aliphatic carbocycles. The molecule has 0 aliphatic rings. The number of benzene rings is 1. The van der Waals surface area contributed by atoms with Crippen LogP contribution in [0.5, 0.6) is 5.75 Å². The third-order valence-corrected chi connectivity index (χ3v) is 2.90. The highest BCUT2D eigenvalue weighted by atomic mass is 16.5. The Morgan fingerprint density at radius 2 is 2.06 bits per heavy atom. The molecule has 1 N–H and O–H groups in total. The fraction of sp³-hybridized carbons (Fsp3) is 0.429. The van der Waals surface area contributed by atoms with Crippen LogP contribution in [0.15, 0.2) is 24.3 Å². The number of rotatable bonds is 4. The summed E-state index contributed by atoms with van der Waals surface area (Å²) in [6.07, 6.45) is 0. The van der Waals surface area contributed by atoms with Crippen LogP contribution in [-0.2, 0) is 13.2 Å². The van der Waals surface area contributed by atoms with Gasteiger partial charge in [-0.25, -0.2) is 0 Å². The van der Waals surface area contributed by atoms with Crippen molar-refractivity contribution in [2.24, 2.45) is 5.92 Å². The molecule has 0 aliphatic heterocycles. The van der Waals surface area contributed by atoms with E-state index in [0.29, 0.717) is 5.92 Å². The van der Waals surface area contributed by atoms with E-state index in [9.17, 15) is 5.11 Å². The fourth-order valence-electron chi connectivity index (χ4n) is 2.14. The van der Waals surface area contributed by atoms with Crippen molar-refractivity contribution in [2.75, 3.05) is 7.11 Å². The first-order valence-electron chi connectivity index (χ1n) is 5.92. The lowest BCUT2D eigenvalue weighted by Crippen LogP contribution is -2.07. The van der Waals surface area contributed by atoms with Gasteiger partial charge >= 0.3 is 0 Å². The Bertz CT molecular complexity index is 514. The van der Waals surface area contributed by atoms with E-state index in [1.807, 2.05) is 18.2 Å². The second kappa shape index (κ2) is 4.80. The zero-order valence-electron chi connectivity index (χ0n) is 10.6. The summed E-state index contributed by atoms with van der Waals surface area (Å²) in [5, 5.41) is 10.5. The smallest absolute Gasteiger partial charge is 0.119 e. The van der Waals surface area contributed by atoms with Crippen molar-refractivity contribution in [3.63, 3.8) is 0 Å². The first kappa shape index (κ1) is 12.0. The van der Waals surface area contributed by atoms with Gasteiger partial charge in [0.05, 0.1) is 13.7 Å². The summed E-state index contributed by atoms with van der Waals surface area (Å²) in [5.41, 5.74) is 2.12. The van der Waals surface area contributed by atoms with E-state index in [-0.39, 0.29) is 6.61 Å². The van der Waals surface area contributed by atoms with Crippen LogP contribution in [0.3, 0.4) is 0 Å². The quantitative estimate of drug-likeness (QED) is 0.881. The first-order chi connectivity index (χ1) is 8.15. The lowest BCUT2D eigenvalue weighted by atomic mass is 10.2. The molecule has 1 aromatic carbocycles. The summed E-state index contributed by atoms with van der Waals surface area (Å²) in [6.45, 7) is 5.35. The van der Waals surface area contributed by atoms with Crippen LogP contribution in [0.25, 0.3) is 10.9 Å². The molecule has 92 valence electrons. The van der Waals surface area contributed by atoms with Gasteiger partial charge in [-0.2, -0.15) is 0 Å². The van der Waals surface area contributed by atoms with E-state index in [0.717, 1.165) is 28.9 Å². The predicted octanol–water partition coefficient (Wildman–Crippen LogP) is 2.80. The molecule has 0 fully saturated rings. The van der Waals surface area contributed by atoms with Gasteiger partial charge in [0.1, 0.15) is 5.75 Å². The van der Waals surface area contributed by atoms with Crippen LogP contribution in [0.1, 0.15) is 19.5 Å². The second-order valence-corrected chi connectivity index (χ2v) is 4.72. The Morgan fingerprint density at radius 3 is 2.65 bits per heavy atom. The van der Waals surface area contributed by atoms with Gasteiger partial charge in [-0.15, -0.1) is 0 Å². The third kappa shape index (κ3) is 2.29. The zero-order chi connectivity index (χ0) is 12.4. The third-order valence-electron chi connectivity index (χ3n) is 2.90. The molecule has 3 heteroatoms. The molecular weight excluding hydrogens is 214 g/mol. The number of hydrogen-bond acceptors (Lipinski definition) is 2. The van der Waals surface area contributed by atoms with Crippen molar-refractivity contribution in [3.8, 4) is 5.75 Å². The van der Waals surface area contributed by atoms with Crippen molar-refractivity contribution in [1.82, 2.24) is 4.57 Å². The molecule has 0 amide bonds. The Labute approximate surface area is 102 Å². The van der Waals surface area contributed by atoms with Crippen LogP contribution in [0.4, 0.5) is 0 Å². The number of ether oxygens (including phenoxy) is 1. The minimum atomic E-state index is 0.0731. The van der Waals surface area contributed by atoms with E-state index >= 15 is 0 Å². The lowest BCUT2D eigenvalue weighted by molar-refractivity contribution is 0.269. The zero-order valence-corrected chi connectivity index (χ0v) is 10.6. The van der Waals surface area contributed by atoms with Crippen LogP contribution in [0, 0.1) is 5.92 Å². The molecule has 0 bridgehead atoms. The predicted molar refractivity (Wildman–Crippen MR) is 69.3 cm³/mol. The molecule has 2 rings (SSSR count). The highest BCUT2D eigenvalue weighted by Gasteiger charge is 2.09. The molecule has 0 unspecified atom stereocenters. The summed E-state index contributed by atoms with van der Waals surface area (Å²) in [7, 11) is 1.67. The Morgan fingerprint density at radius 1 is 1.29 bits per heavy atom. The van der Waals surface area contributed by atoms with E-state index < -0.39 is 0 Å². The maximum absolute atomic E-state index is 9.41. The van der Waals surface area contributed by atoms with E-state index in [1.165, 1.54) is 0 Å². The monoisotopic (exact) mass is 233 g/mol. The van der Waals surface area contributed by atoms with Crippen molar-refractivity contribution in [1.29, 1.82) is 0 Å². The Balaban J connectivity index is 2.55. The minimum Gasteiger partial charge on any atom is -0.497 e. The minimum absolute atomic E-state index is 0.0731. The number of fused-ring (bicyclic) bond motifs is 1. The van der Waals surface area contributed by atoms with Crippen LogP contribution < -0.4 is 4.74 Å². The summed E-state index contributed by atoms with van der Waals surface area (Å²) in [5.74, 6) is 1.40. The van der Waals surface area contributed by atoms with Crippen LogP contribution in [0.2, 0.25) is 0 Å². The second-order valence-electron chi connectivity index (χ2n) is 4.72. The van der Waals surface area contributed by atoms with Gasteiger partial charge in [-0.1, -0.05) is 13.8 Å². The summed E-state index contributed by atoms with van der Waals surface area (Å²) in [6, 6.07) is 8.04. The molecule has 1 aromatic heterocycles. The van der Waals surface area contributed by atoms with Crippen molar-refractivity contribution in [3.05, 3.63) is 30.0 Å². The standard InChI is InChI=1S/C14H19NO2/c1-10(2)8-15-12(9-16)6-11-7-13(17-3)4-5-14(11)15/h4-7,10,16H,8-9H2,1-3H3. The van der Waals surface area contributed by atoms with E-state index in [2.05, 4.69) is 24.5 Å². The average molecular weight is 233 g/mol. The SMILES string of the molecule is COc1ccc2c(c1)cc(CO)n2CC(C)C. The Hall–Kier alpha value is -1.48. The molecular formula is C14H19NO2. The molecule has 3 nitrogen and oxygen atoms in total. The average Bonchev–Trinajstić information content (AvgIpc) is 2.65. The van der Waals surface area contributed by atoms with E-state index in [4.69, 9.17) is 4.74 Å². The maximum atomic E-state index is 9.41. The number of nitrogens with zero attached hydrogens (tertiary/aromatic N) is 1. The molecule has 1 heterocycles.